The third-order valence-corrected chi connectivity index (χ3v) is 3.56. The van der Waals surface area contributed by atoms with Crippen molar-refractivity contribution in [1.29, 1.82) is 0 Å². The fraction of sp³-hybridized carbons (Fsp3) is 0.800. The van der Waals surface area contributed by atoms with Crippen LogP contribution in [0.5, 0.6) is 0 Å². The van der Waals surface area contributed by atoms with Crippen LogP contribution in [0.3, 0.4) is 0 Å². The Morgan fingerprint density at radius 1 is 1.47 bits per heavy atom. The van der Waals surface area contributed by atoms with Gasteiger partial charge >= 0.3 is 5.97 Å². The standard InChI is InChI=1S/C15H26O2/c1-3-5-9-13(4-2)12-17-15(16)14-10-7-6-8-11-14/h7,10,13-14H,3-6,8-9,11-12H2,1-2H3. The van der Waals surface area contributed by atoms with E-state index in [0.29, 0.717) is 12.5 Å². The van der Waals surface area contributed by atoms with Gasteiger partial charge in [-0.15, -0.1) is 0 Å². The van der Waals surface area contributed by atoms with Gasteiger partial charge in [0.1, 0.15) is 0 Å². The quantitative estimate of drug-likeness (QED) is 0.493. The molecule has 2 heteroatoms. The Morgan fingerprint density at radius 3 is 2.88 bits per heavy atom. The van der Waals surface area contributed by atoms with E-state index in [1.807, 2.05) is 6.08 Å². The summed E-state index contributed by atoms with van der Waals surface area (Å²) in [6.07, 6.45) is 12.0. The van der Waals surface area contributed by atoms with Gasteiger partial charge in [-0.2, -0.15) is 0 Å². The van der Waals surface area contributed by atoms with Crippen LogP contribution >= 0.6 is 0 Å². The van der Waals surface area contributed by atoms with Crippen molar-refractivity contribution < 1.29 is 9.53 Å². The van der Waals surface area contributed by atoms with Gasteiger partial charge in [0.2, 0.25) is 0 Å². The summed E-state index contributed by atoms with van der Waals surface area (Å²) in [4.78, 5) is 11.8. The minimum Gasteiger partial charge on any atom is -0.465 e. The third-order valence-electron chi connectivity index (χ3n) is 3.56. The number of unbranched alkanes of at least 4 members (excludes halogenated alkanes) is 1. The summed E-state index contributed by atoms with van der Waals surface area (Å²) in [5.41, 5.74) is 0. The van der Waals surface area contributed by atoms with Crippen molar-refractivity contribution in [2.75, 3.05) is 6.61 Å². The molecule has 0 saturated heterocycles. The summed E-state index contributed by atoms with van der Waals surface area (Å²) in [5.74, 6) is 0.551. The van der Waals surface area contributed by atoms with Crippen molar-refractivity contribution in [1.82, 2.24) is 0 Å². The first-order chi connectivity index (χ1) is 8.27. The molecule has 0 amide bonds. The van der Waals surface area contributed by atoms with E-state index in [4.69, 9.17) is 4.74 Å². The molecule has 2 unspecified atom stereocenters. The minimum absolute atomic E-state index is 0.0177. The molecule has 0 fully saturated rings. The monoisotopic (exact) mass is 238 g/mol. The summed E-state index contributed by atoms with van der Waals surface area (Å²) in [6.45, 7) is 4.99. The number of hydrogen-bond donors (Lipinski definition) is 0. The van der Waals surface area contributed by atoms with Crippen LogP contribution in [0.2, 0.25) is 0 Å². The van der Waals surface area contributed by atoms with Gasteiger partial charge in [0.15, 0.2) is 0 Å². The van der Waals surface area contributed by atoms with Gasteiger partial charge in [-0.05, 0) is 31.6 Å². The van der Waals surface area contributed by atoms with Crippen molar-refractivity contribution in [3.05, 3.63) is 12.2 Å². The van der Waals surface area contributed by atoms with E-state index >= 15 is 0 Å². The molecular formula is C15H26O2. The van der Waals surface area contributed by atoms with Crippen LogP contribution < -0.4 is 0 Å². The average Bonchev–Trinajstić information content (AvgIpc) is 2.39. The Bertz CT molecular complexity index is 245. The molecule has 0 aromatic heterocycles. The first-order valence-electron chi connectivity index (χ1n) is 7.11. The number of carbonyl (C=O) groups is 1. The first kappa shape index (κ1) is 14.3. The number of esters is 1. The molecule has 0 aliphatic heterocycles. The van der Waals surface area contributed by atoms with Gasteiger partial charge in [-0.3, -0.25) is 4.79 Å². The SMILES string of the molecule is CCCCC(CC)COC(=O)C1C=CCCC1. The van der Waals surface area contributed by atoms with Gasteiger partial charge in [-0.1, -0.05) is 45.3 Å². The number of rotatable bonds is 7. The smallest absolute Gasteiger partial charge is 0.312 e. The summed E-state index contributed by atoms with van der Waals surface area (Å²) in [7, 11) is 0. The van der Waals surface area contributed by atoms with E-state index in [9.17, 15) is 4.79 Å². The van der Waals surface area contributed by atoms with Crippen LogP contribution in [0.25, 0.3) is 0 Å². The number of carbonyl (C=O) groups excluding carboxylic acids is 1. The van der Waals surface area contributed by atoms with Gasteiger partial charge in [0.05, 0.1) is 12.5 Å². The van der Waals surface area contributed by atoms with Crippen molar-refractivity contribution in [3.8, 4) is 0 Å². The van der Waals surface area contributed by atoms with Gasteiger partial charge in [-0.25, -0.2) is 0 Å². The number of hydrogen-bond acceptors (Lipinski definition) is 2. The van der Waals surface area contributed by atoms with E-state index < -0.39 is 0 Å². The van der Waals surface area contributed by atoms with E-state index in [-0.39, 0.29) is 11.9 Å². The summed E-state index contributed by atoms with van der Waals surface area (Å²) < 4.78 is 5.44. The molecule has 0 spiro atoms. The maximum Gasteiger partial charge on any atom is 0.312 e. The largest absolute Gasteiger partial charge is 0.465 e. The topological polar surface area (TPSA) is 26.3 Å². The molecule has 17 heavy (non-hydrogen) atoms. The normalized spacial score (nSPS) is 21.2. The molecule has 1 rings (SSSR count). The number of ether oxygens (including phenoxy) is 1. The Morgan fingerprint density at radius 2 is 2.29 bits per heavy atom. The molecular weight excluding hydrogens is 212 g/mol. The van der Waals surface area contributed by atoms with Crippen LogP contribution in [0, 0.1) is 11.8 Å². The van der Waals surface area contributed by atoms with E-state index in [1.165, 1.54) is 19.3 Å². The van der Waals surface area contributed by atoms with E-state index in [2.05, 4.69) is 19.9 Å². The molecule has 0 saturated carbocycles. The molecule has 2 atom stereocenters. The van der Waals surface area contributed by atoms with Crippen molar-refractivity contribution in [2.45, 2.75) is 58.8 Å². The second-order valence-corrected chi connectivity index (χ2v) is 5.01. The van der Waals surface area contributed by atoms with Crippen molar-refractivity contribution in [2.24, 2.45) is 11.8 Å². The molecule has 0 aromatic carbocycles. The Hall–Kier alpha value is -0.790. The third kappa shape index (κ3) is 5.38. The molecule has 2 nitrogen and oxygen atoms in total. The summed E-state index contributed by atoms with van der Waals surface area (Å²) in [6, 6.07) is 0. The Kier molecular flexibility index (Phi) is 6.99. The molecule has 0 aromatic rings. The zero-order valence-corrected chi connectivity index (χ0v) is 11.3. The van der Waals surface area contributed by atoms with Crippen LogP contribution in [0.1, 0.15) is 58.8 Å². The second kappa shape index (κ2) is 8.32. The fourth-order valence-corrected chi connectivity index (χ4v) is 2.21. The summed E-state index contributed by atoms with van der Waals surface area (Å²) in [5, 5.41) is 0. The van der Waals surface area contributed by atoms with E-state index in [0.717, 1.165) is 25.7 Å². The Labute approximate surface area is 105 Å². The molecule has 0 heterocycles. The average molecular weight is 238 g/mol. The lowest BCUT2D eigenvalue weighted by Crippen LogP contribution is -2.21. The molecule has 0 radical (unpaired) electrons. The predicted octanol–water partition coefficient (Wildman–Crippen LogP) is 4.10. The maximum absolute atomic E-state index is 11.8. The van der Waals surface area contributed by atoms with Crippen LogP contribution in [0.4, 0.5) is 0 Å². The maximum atomic E-state index is 11.8. The second-order valence-electron chi connectivity index (χ2n) is 5.01. The highest BCUT2D eigenvalue weighted by molar-refractivity contribution is 5.74. The summed E-state index contributed by atoms with van der Waals surface area (Å²) >= 11 is 0. The lowest BCUT2D eigenvalue weighted by atomic mass is 9.96. The molecule has 1 aliphatic carbocycles. The zero-order chi connectivity index (χ0) is 12.5. The minimum atomic E-state index is -0.0177. The molecule has 0 bridgehead atoms. The van der Waals surface area contributed by atoms with E-state index in [1.54, 1.807) is 0 Å². The molecule has 0 N–H and O–H groups in total. The fourth-order valence-electron chi connectivity index (χ4n) is 2.21. The van der Waals surface area contributed by atoms with Crippen LogP contribution in [-0.2, 0) is 9.53 Å². The highest BCUT2D eigenvalue weighted by Crippen LogP contribution is 2.19. The van der Waals surface area contributed by atoms with Gasteiger partial charge < -0.3 is 4.74 Å². The van der Waals surface area contributed by atoms with Gasteiger partial charge in [0.25, 0.3) is 0 Å². The predicted molar refractivity (Wildman–Crippen MR) is 70.7 cm³/mol. The van der Waals surface area contributed by atoms with Crippen LogP contribution in [0.15, 0.2) is 12.2 Å². The van der Waals surface area contributed by atoms with Crippen molar-refractivity contribution >= 4 is 5.97 Å². The lowest BCUT2D eigenvalue weighted by molar-refractivity contribution is -0.148. The van der Waals surface area contributed by atoms with Crippen LogP contribution in [-0.4, -0.2) is 12.6 Å². The number of allylic oxidation sites excluding steroid dienone is 1. The first-order valence-corrected chi connectivity index (χ1v) is 7.11. The van der Waals surface area contributed by atoms with Gasteiger partial charge in [0, 0.05) is 0 Å². The molecule has 98 valence electrons. The van der Waals surface area contributed by atoms with Crippen molar-refractivity contribution in [3.63, 3.8) is 0 Å². The Balaban J connectivity index is 2.25. The highest BCUT2D eigenvalue weighted by atomic mass is 16.5. The highest BCUT2D eigenvalue weighted by Gasteiger charge is 2.19. The lowest BCUT2D eigenvalue weighted by Gasteiger charge is -2.18. The zero-order valence-electron chi connectivity index (χ0n) is 11.3. The molecule has 1 aliphatic rings.